The van der Waals surface area contributed by atoms with Crippen molar-refractivity contribution in [3.63, 3.8) is 0 Å². The summed E-state index contributed by atoms with van der Waals surface area (Å²) in [6, 6.07) is 7.51. The van der Waals surface area contributed by atoms with Crippen LogP contribution in [0.15, 0.2) is 40.5 Å². The van der Waals surface area contributed by atoms with Crippen molar-refractivity contribution in [3.8, 4) is 0 Å². The maximum atomic E-state index is 13.4. The minimum atomic E-state index is -0.449. The average Bonchev–Trinajstić information content (AvgIpc) is 2.67. The Morgan fingerprint density at radius 2 is 1.80 bits per heavy atom. The summed E-state index contributed by atoms with van der Waals surface area (Å²) >= 11 is 6.58. The molecule has 1 aliphatic heterocycles. The van der Waals surface area contributed by atoms with Crippen LogP contribution in [0.5, 0.6) is 0 Å². The molecule has 2 unspecified atom stereocenters. The van der Waals surface area contributed by atoms with E-state index in [1.165, 1.54) is 6.42 Å². The second-order valence-electron chi connectivity index (χ2n) is 9.73. The predicted octanol–water partition coefficient (Wildman–Crippen LogP) is 6.03. The maximum Gasteiger partial charge on any atom is 0.336 e. The number of ketones is 1. The summed E-state index contributed by atoms with van der Waals surface area (Å²) in [5, 5.41) is 0.567. The van der Waals surface area contributed by atoms with E-state index in [0.717, 1.165) is 43.4 Å². The maximum absolute atomic E-state index is 13.4. The standard InChI is InChI=1S/C25H30ClNO3/c1-15-21(24(29)30-16-9-5-4-6-10-16)22(17-11-7-8-12-18(17)26)23-19(27-15)13-25(2,3)14-20(23)28/h7-8,11-12,16,22-23H,4-6,9-10,13-14H2,1-3H3. The topological polar surface area (TPSA) is 55.7 Å². The second-order valence-corrected chi connectivity index (χ2v) is 10.1. The van der Waals surface area contributed by atoms with Crippen LogP contribution >= 0.6 is 11.6 Å². The summed E-state index contributed by atoms with van der Waals surface area (Å²) in [5.41, 5.74) is 2.69. The van der Waals surface area contributed by atoms with Gasteiger partial charge in [-0.15, -0.1) is 0 Å². The van der Waals surface area contributed by atoms with E-state index in [1.807, 2.05) is 31.2 Å². The highest BCUT2D eigenvalue weighted by Gasteiger charge is 2.48. The molecule has 3 aliphatic rings. The van der Waals surface area contributed by atoms with Gasteiger partial charge in [-0.05, 0) is 56.1 Å². The minimum Gasteiger partial charge on any atom is -0.459 e. The molecule has 4 rings (SSSR count). The summed E-state index contributed by atoms with van der Waals surface area (Å²) in [7, 11) is 0. The molecule has 0 spiro atoms. The number of hydrogen-bond donors (Lipinski definition) is 0. The molecular weight excluding hydrogens is 398 g/mol. The molecule has 2 aliphatic carbocycles. The number of carbonyl (C=O) groups excluding carboxylic acids is 2. The van der Waals surface area contributed by atoms with Gasteiger partial charge in [0.05, 0.1) is 11.5 Å². The van der Waals surface area contributed by atoms with Crippen LogP contribution in [0.2, 0.25) is 5.02 Å². The molecule has 0 bridgehead atoms. The number of esters is 1. The molecule has 1 aromatic carbocycles. The van der Waals surface area contributed by atoms with Gasteiger partial charge in [0.2, 0.25) is 0 Å². The highest BCUT2D eigenvalue weighted by molar-refractivity contribution is 6.31. The van der Waals surface area contributed by atoms with E-state index in [1.54, 1.807) is 0 Å². The van der Waals surface area contributed by atoms with Gasteiger partial charge in [-0.1, -0.05) is 50.1 Å². The fourth-order valence-corrected chi connectivity index (χ4v) is 5.57. The van der Waals surface area contributed by atoms with Gasteiger partial charge in [0.1, 0.15) is 11.9 Å². The van der Waals surface area contributed by atoms with E-state index in [0.29, 0.717) is 22.7 Å². The van der Waals surface area contributed by atoms with E-state index in [9.17, 15) is 9.59 Å². The van der Waals surface area contributed by atoms with E-state index in [2.05, 4.69) is 13.8 Å². The lowest BCUT2D eigenvalue weighted by Crippen LogP contribution is -2.44. The lowest BCUT2D eigenvalue weighted by atomic mass is 9.63. The van der Waals surface area contributed by atoms with Gasteiger partial charge in [-0.25, -0.2) is 4.79 Å². The van der Waals surface area contributed by atoms with Crippen LogP contribution < -0.4 is 0 Å². The predicted molar refractivity (Wildman–Crippen MR) is 119 cm³/mol. The van der Waals surface area contributed by atoms with Crippen molar-refractivity contribution in [1.82, 2.24) is 0 Å². The van der Waals surface area contributed by atoms with E-state index in [-0.39, 0.29) is 23.3 Å². The Bertz CT molecular complexity index is 924. The molecule has 5 heteroatoms. The van der Waals surface area contributed by atoms with Crippen LogP contribution in [-0.2, 0) is 14.3 Å². The highest BCUT2D eigenvalue weighted by atomic mass is 35.5. The Hall–Kier alpha value is -1.94. The molecule has 1 heterocycles. The fourth-order valence-electron chi connectivity index (χ4n) is 5.32. The van der Waals surface area contributed by atoms with Crippen molar-refractivity contribution >= 4 is 29.1 Å². The first-order valence-electron chi connectivity index (χ1n) is 11.0. The first-order valence-corrected chi connectivity index (χ1v) is 11.4. The Balaban J connectivity index is 1.78. The number of carbonyl (C=O) groups is 2. The van der Waals surface area contributed by atoms with Crippen LogP contribution in [0, 0.1) is 11.3 Å². The van der Waals surface area contributed by atoms with E-state index >= 15 is 0 Å². The number of halogens is 1. The Labute approximate surface area is 183 Å². The summed E-state index contributed by atoms with van der Waals surface area (Å²) in [4.78, 5) is 31.5. The van der Waals surface area contributed by atoms with Gasteiger partial charge >= 0.3 is 5.97 Å². The van der Waals surface area contributed by atoms with Gasteiger partial charge < -0.3 is 4.74 Å². The minimum absolute atomic E-state index is 0.0511. The van der Waals surface area contributed by atoms with Crippen LogP contribution in [-0.4, -0.2) is 23.6 Å². The number of ether oxygens (including phenoxy) is 1. The van der Waals surface area contributed by atoms with Crippen molar-refractivity contribution < 1.29 is 14.3 Å². The SMILES string of the molecule is CC1=C(C(=O)OC2CCCCC2)C(c2ccccc2Cl)C2C(=O)CC(C)(C)CC2=N1. The first kappa shape index (κ1) is 21.3. The van der Waals surface area contributed by atoms with Gasteiger partial charge in [-0.3, -0.25) is 9.79 Å². The van der Waals surface area contributed by atoms with Crippen molar-refractivity contribution in [2.45, 2.75) is 77.7 Å². The highest BCUT2D eigenvalue weighted by Crippen LogP contribution is 2.48. The molecule has 30 heavy (non-hydrogen) atoms. The lowest BCUT2D eigenvalue weighted by molar-refractivity contribution is -0.146. The van der Waals surface area contributed by atoms with Crippen LogP contribution in [0.25, 0.3) is 0 Å². The third-order valence-electron chi connectivity index (χ3n) is 6.65. The molecule has 2 atom stereocenters. The zero-order valence-electron chi connectivity index (χ0n) is 18.0. The third-order valence-corrected chi connectivity index (χ3v) is 6.99. The van der Waals surface area contributed by atoms with E-state index in [4.69, 9.17) is 21.3 Å². The van der Waals surface area contributed by atoms with Gasteiger partial charge in [-0.2, -0.15) is 0 Å². The number of allylic oxidation sites excluding steroid dienone is 1. The molecular formula is C25H30ClNO3. The number of Topliss-reactive ketones (excluding diaryl/α,β-unsaturated/α-hetero) is 1. The number of hydrogen-bond acceptors (Lipinski definition) is 4. The van der Waals surface area contributed by atoms with Gasteiger partial charge in [0.15, 0.2) is 0 Å². The number of nitrogens with zero attached hydrogens (tertiary/aromatic N) is 1. The Morgan fingerprint density at radius 3 is 2.50 bits per heavy atom. The zero-order valence-corrected chi connectivity index (χ0v) is 18.8. The van der Waals surface area contributed by atoms with Crippen molar-refractivity contribution in [3.05, 3.63) is 46.1 Å². The largest absolute Gasteiger partial charge is 0.459 e. The molecule has 2 saturated carbocycles. The second kappa shape index (κ2) is 8.30. The number of aliphatic imine (C=N–C) groups is 1. The number of fused-ring (bicyclic) bond motifs is 1. The van der Waals surface area contributed by atoms with Crippen LogP contribution in [0.3, 0.4) is 0 Å². The van der Waals surface area contributed by atoms with Crippen molar-refractivity contribution in [1.29, 1.82) is 0 Å². The lowest BCUT2D eigenvalue weighted by Gasteiger charge is -2.41. The smallest absolute Gasteiger partial charge is 0.336 e. The third kappa shape index (κ3) is 4.12. The molecule has 4 nitrogen and oxygen atoms in total. The van der Waals surface area contributed by atoms with Gasteiger partial charge in [0, 0.05) is 28.8 Å². The molecule has 2 fully saturated rings. The van der Waals surface area contributed by atoms with E-state index < -0.39 is 11.8 Å². The summed E-state index contributed by atoms with van der Waals surface area (Å²) in [6.45, 7) is 6.05. The Kier molecular flexibility index (Phi) is 5.89. The molecule has 0 aromatic heterocycles. The molecule has 1 aromatic rings. The quantitative estimate of drug-likeness (QED) is 0.553. The summed E-state index contributed by atoms with van der Waals surface area (Å²) in [5.74, 6) is -1.10. The first-order chi connectivity index (χ1) is 14.3. The van der Waals surface area contributed by atoms with Crippen LogP contribution in [0.1, 0.15) is 77.2 Å². The average molecular weight is 428 g/mol. The molecule has 0 radical (unpaired) electrons. The number of benzene rings is 1. The van der Waals surface area contributed by atoms with Crippen LogP contribution in [0.4, 0.5) is 0 Å². The molecule has 0 saturated heterocycles. The summed E-state index contributed by atoms with van der Waals surface area (Å²) < 4.78 is 5.93. The molecule has 160 valence electrons. The Morgan fingerprint density at radius 1 is 1.10 bits per heavy atom. The van der Waals surface area contributed by atoms with Crippen molar-refractivity contribution in [2.75, 3.05) is 0 Å². The summed E-state index contributed by atoms with van der Waals surface area (Å²) in [6.07, 6.45) is 6.33. The normalized spacial score (nSPS) is 26.8. The number of rotatable bonds is 3. The molecule has 0 amide bonds. The molecule has 0 N–H and O–H groups in total. The monoisotopic (exact) mass is 427 g/mol. The van der Waals surface area contributed by atoms with Crippen molar-refractivity contribution in [2.24, 2.45) is 16.3 Å². The fraction of sp³-hybridized carbons (Fsp3) is 0.560. The van der Waals surface area contributed by atoms with Gasteiger partial charge in [0.25, 0.3) is 0 Å². The zero-order chi connectivity index (χ0) is 21.5.